The molecule has 0 saturated heterocycles. The Kier molecular flexibility index (Phi) is 66.2. The van der Waals surface area contributed by atoms with Gasteiger partial charge in [0.25, 0.3) is 0 Å². The van der Waals surface area contributed by atoms with Crippen molar-refractivity contribution >= 4 is 39.5 Å². The molecule has 0 bridgehead atoms. The summed E-state index contributed by atoms with van der Waals surface area (Å²) in [4.78, 5) is 72.8. The van der Waals surface area contributed by atoms with Crippen LogP contribution in [0.15, 0.2) is 0 Å². The molecule has 0 amide bonds. The van der Waals surface area contributed by atoms with Gasteiger partial charge in [-0.1, -0.05) is 344 Å². The summed E-state index contributed by atoms with van der Waals surface area (Å²) in [5, 5.41) is 10.6. The highest BCUT2D eigenvalue weighted by molar-refractivity contribution is 7.47. The Bertz CT molecular complexity index is 1870. The summed E-state index contributed by atoms with van der Waals surface area (Å²) >= 11 is 0. The van der Waals surface area contributed by atoms with Crippen molar-refractivity contribution in [2.75, 3.05) is 39.6 Å². The Morgan fingerprint density at radius 1 is 0.302 bits per heavy atom. The number of carbonyl (C=O) groups is 4. The minimum Gasteiger partial charge on any atom is -0.462 e. The largest absolute Gasteiger partial charge is 0.472 e. The first-order valence-electron chi connectivity index (χ1n) is 39.9. The molecule has 0 heterocycles. The Labute approximate surface area is 588 Å². The van der Waals surface area contributed by atoms with Gasteiger partial charge in [0.1, 0.15) is 19.3 Å². The van der Waals surface area contributed by atoms with Crippen molar-refractivity contribution in [3.05, 3.63) is 0 Å². The first-order valence-corrected chi connectivity index (χ1v) is 42.9. The number of phosphoric ester groups is 2. The summed E-state index contributed by atoms with van der Waals surface area (Å²) in [6, 6.07) is 0. The molecule has 0 aliphatic heterocycles. The molecule has 0 fully saturated rings. The maximum absolute atomic E-state index is 13.1. The number of carbonyl (C=O) groups excluding carboxylic acids is 4. The third-order valence-electron chi connectivity index (χ3n) is 18.2. The van der Waals surface area contributed by atoms with Crippen molar-refractivity contribution in [3.63, 3.8) is 0 Å². The van der Waals surface area contributed by atoms with Gasteiger partial charge in [0.05, 0.1) is 26.4 Å². The highest BCUT2D eigenvalue weighted by atomic mass is 31.2. The van der Waals surface area contributed by atoms with Crippen molar-refractivity contribution in [1.82, 2.24) is 0 Å². The molecular formula is C77H150O17P2. The average Bonchev–Trinajstić information content (AvgIpc) is 3.52. The molecule has 17 nitrogen and oxygen atoms in total. The van der Waals surface area contributed by atoms with Crippen molar-refractivity contribution < 1.29 is 80.2 Å². The van der Waals surface area contributed by atoms with Crippen LogP contribution in [0.4, 0.5) is 0 Å². The van der Waals surface area contributed by atoms with Gasteiger partial charge in [0.15, 0.2) is 12.2 Å². The molecule has 0 aromatic rings. The lowest BCUT2D eigenvalue weighted by molar-refractivity contribution is -0.161. The van der Waals surface area contributed by atoms with Gasteiger partial charge in [0.2, 0.25) is 0 Å². The number of aliphatic hydroxyl groups excluding tert-OH is 1. The molecule has 3 unspecified atom stereocenters. The number of rotatable bonds is 75. The fraction of sp³-hybridized carbons (Fsp3) is 0.948. The van der Waals surface area contributed by atoms with E-state index in [2.05, 4.69) is 48.5 Å². The summed E-state index contributed by atoms with van der Waals surface area (Å²) < 4.78 is 68.5. The molecule has 0 spiro atoms. The third kappa shape index (κ3) is 69.2. The van der Waals surface area contributed by atoms with Crippen molar-refractivity contribution in [2.45, 2.75) is 414 Å². The van der Waals surface area contributed by atoms with Crippen LogP contribution >= 0.6 is 15.6 Å². The second-order valence-corrected chi connectivity index (χ2v) is 31.8. The second kappa shape index (κ2) is 67.5. The molecule has 0 radical (unpaired) electrons. The zero-order chi connectivity index (χ0) is 70.9. The van der Waals surface area contributed by atoms with Gasteiger partial charge in [-0.15, -0.1) is 0 Å². The highest BCUT2D eigenvalue weighted by Crippen LogP contribution is 2.45. The first kappa shape index (κ1) is 94.1. The van der Waals surface area contributed by atoms with E-state index in [9.17, 15) is 43.2 Å². The predicted octanol–water partition coefficient (Wildman–Crippen LogP) is 22.6. The van der Waals surface area contributed by atoms with Gasteiger partial charge in [-0.25, -0.2) is 9.13 Å². The number of aliphatic hydroxyl groups is 1. The maximum Gasteiger partial charge on any atom is 0.472 e. The van der Waals surface area contributed by atoms with Crippen LogP contribution in [0, 0.1) is 17.8 Å². The van der Waals surface area contributed by atoms with E-state index >= 15 is 0 Å². The molecule has 19 heteroatoms. The minimum absolute atomic E-state index is 0.106. The van der Waals surface area contributed by atoms with Crippen LogP contribution in [-0.4, -0.2) is 96.7 Å². The van der Waals surface area contributed by atoms with Crippen LogP contribution in [0.3, 0.4) is 0 Å². The molecule has 0 aromatic heterocycles. The van der Waals surface area contributed by atoms with E-state index in [0.29, 0.717) is 31.6 Å². The molecule has 0 saturated carbocycles. The third-order valence-corrected chi connectivity index (χ3v) is 20.1. The Hall–Kier alpha value is -1.94. The van der Waals surface area contributed by atoms with Crippen LogP contribution in [-0.2, 0) is 65.4 Å². The van der Waals surface area contributed by atoms with Gasteiger partial charge in [-0.3, -0.25) is 37.3 Å². The SMILES string of the molecule is CCCCCCCCCCCCCC(=O)O[C@H](COC(=O)CCCCCCCCCC(C)C)COP(=O)(O)OC[C@H](O)COP(=O)(O)OC[C@@H](COC(=O)CCCCCCCCCCCCC(C)C)OC(=O)CCCCCCCCCCCCCCCCCCCCC(C)CC. The molecular weight excluding hydrogens is 1260 g/mol. The number of hydrogen-bond donors (Lipinski definition) is 3. The summed E-state index contributed by atoms with van der Waals surface area (Å²) in [6.07, 6.45) is 54.2. The quantitative estimate of drug-likeness (QED) is 0.0222. The molecule has 96 heavy (non-hydrogen) atoms. The van der Waals surface area contributed by atoms with Crippen molar-refractivity contribution in [1.29, 1.82) is 0 Å². The Morgan fingerprint density at radius 3 is 0.792 bits per heavy atom. The minimum atomic E-state index is -4.96. The maximum atomic E-state index is 13.1. The van der Waals surface area contributed by atoms with E-state index < -0.39 is 97.5 Å². The fourth-order valence-electron chi connectivity index (χ4n) is 11.7. The van der Waals surface area contributed by atoms with Gasteiger partial charge in [-0.05, 0) is 43.4 Å². The standard InChI is InChI=1S/C77H150O17P2/c1-8-10-11-12-13-14-23-31-38-46-53-60-76(81)94-73(65-88-75(80)59-52-45-40-33-35-42-49-56-69(5)6)67-92-96(85,86)90-63-71(78)62-89-95(83,84)91-66-72(64-87-74(79)58-51-44-37-30-27-26-28-34-41-48-55-68(3)4)93-77(82)61-54-47-39-32-25-22-20-18-16-15-17-19-21-24-29-36-43-50-57-70(7)9-2/h68-73,78H,8-67H2,1-7H3,(H,83,84)(H,85,86)/t70?,71-,72-,73-/m1/s1. The summed E-state index contributed by atoms with van der Waals surface area (Å²) in [6.45, 7) is 11.9. The van der Waals surface area contributed by atoms with E-state index in [1.54, 1.807) is 0 Å². The first-order chi connectivity index (χ1) is 46.3. The molecule has 570 valence electrons. The van der Waals surface area contributed by atoms with Crippen LogP contribution < -0.4 is 0 Å². The summed E-state index contributed by atoms with van der Waals surface area (Å²) in [7, 11) is -9.91. The van der Waals surface area contributed by atoms with E-state index in [1.165, 1.54) is 199 Å². The van der Waals surface area contributed by atoms with Crippen LogP contribution in [0.25, 0.3) is 0 Å². The molecule has 0 aliphatic rings. The number of ether oxygens (including phenoxy) is 4. The second-order valence-electron chi connectivity index (χ2n) is 28.9. The molecule has 6 atom stereocenters. The van der Waals surface area contributed by atoms with E-state index in [0.717, 1.165) is 108 Å². The monoisotopic (exact) mass is 1410 g/mol. The van der Waals surface area contributed by atoms with Crippen LogP contribution in [0.1, 0.15) is 395 Å². The molecule has 0 rings (SSSR count). The van der Waals surface area contributed by atoms with Crippen molar-refractivity contribution in [2.24, 2.45) is 17.8 Å². The lowest BCUT2D eigenvalue weighted by Crippen LogP contribution is -2.30. The summed E-state index contributed by atoms with van der Waals surface area (Å²) in [5.41, 5.74) is 0. The Morgan fingerprint density at radius 2 is 0.531 bits per heavy atom. The predicted molar refractivity (Wildman–Crippen MR) is 391 cm³/mol. The van der Waals surface area contributed by atoms with Crippen molar-refractivity contribution in [3.8, 4) is 0 Å². The Balaban J connectivity index is 5.18. The topological polar surface area (TPSA) is 237 Å². The smallest absolute Gasteiger partial charge is 0.462 e. The number of phosphoric acid groups is 2. The molecule has 0 aromatic carbocycles. The number of hydrogen-bond acceptors (Lipinski definition) is 15. The summed E-state index contributed by atoms with van der Waals surface area (Å²) in [5.74, 6) is 0.217. The van der Waals surface area contributed by atoms with E-state index in [-0.39, 0.29) is 25.7 Å². The van der Waals surface area contributed by atoms with E-state index in [1.807, 2.05) is 0 Å². The van der Waals surface area contributed by atoms with Crippen LogP contribution in [0.5, 0.6) is 0 Å². The molecule has 0 aliphatic carbocycles. The van der Waals surface area contributed by atoms with E-state index in [4.69, 9.17) is 37.0 Å². The number of esters is 4. The fourth-order valence-corrected chi connectivity index (χ4v) is 13.3. The van der Waals surface area contributed by atoms with Crippen LogP contribution in [0.2, 0.25) is 0 Å². The van der Waals surface area contributed by atoms with Gasteiger partial charge < -0.3 is 33.8 Å². The average molecular weight is 1410 g/mol. The zero-order valence-corrected chi connectivity index (χ0v) is 64.6. The lowest BCUT2D eigenvalue weighted by Gasteiger charge is -2.21. The van der Waals surface area contributed by atoms with Gasteiger partial charge in [-0.2, -0.15) is 0 Å². The number of unbranched alkanes of at least 4 members (excludes halogenated alkanes) is 42. The van der Waals surface area contributed by atoms with Gasteiger partial charge >= 0.3 is 39.5 Å². The zero-order valence-electron chi connectivity index (χ0n) is 62.8. The van der Waals surface area contributed by atoms with Gasteiger partial charge in [0, 0.05) is 25.7 Å². The highest BCUT2D eigenvalue weighted by Gasteiger charge is 2.30. The lowest BCUT2D eigenvalue weighted by atomic mass is 9.99. The molecule has 3 N–H and O–H groups in total. The normalized spacial score (nSPS) is 14.3.